The second-order valence-electron chi connectivity index (χ2n) is 3.81. The van der Waals surface area contributed by atoms with Gasteiger partial charge in [0, 0.05) is 11.6 Å². The van der Waals surface area contributed by atoms with Gasteiger partial charge in [-0.25, -0.2) is 9.18 Å². The van der Waals surface area contributed by atoms with E-state index in [1.807, 2.05) is 0 Å². The van der Waals surface area contributed by atoms with Crippen molar-refractivity contribution in [3.05, 3.63) is 29.1 Å². The minimum absolute atomic E-state index is 0.0670. The van der Waals surface area contributed by atoms with Gasteiger partial charge in [-0.3, -0.25) is 0 Å². The fourth-order valence-corrected chi connectivity index (χ4v) is 2.02. The first-order valence-corrected chi connectivity index (χ1v) is 5.09. The highest BCUT2D eigenvalue weighted by atomic mass is 19.1. The van der Waals surface area contributed by atoms with Crippen LogP contribution in [-0.4, -0.2) is 22.7 Å². The molecule has 0 radical (unpaired) electrons. The summed E-state index contributed by atoms with van der Waals surface area (Å²) in [6, 6.07) is 1.86. The molecule has 4 nitrogen and oxygen atoms in total. The van der Waals surface area contributed by atoms with E-state index in [0.29, 0.717) is 6.42 Å². The standard InChI is InChI=1S/C11H12FNO3/c12-7-4-3-6(11(15)16)10(14)9(7)8-2-1-5-13-8/h3-4,8,13-14H,1-2,5H2,(H,15,16)/t8-/m0/s1. The monoisotopic (exact) mass is 225 g/mol. The number of phenols is 1. The molecule has 0 unspecified atom stereocenters. The maximum absolute atomic E-state index is 13.6. The second-order valence-corrected chi connectivity index (χ2v) is 3.81. The summed E-state index contributed by atoms with van der Waals surface area (Å²) in [6.45, 7) is 0.751. The summed E-state index contributed by atoms with van der Waals surface area (Å²) >= 11 is 0. The van der Waals surface area contributed by atoms with Crippen molar-refractivity contribution in [2.75, 3.05) is 6.54 Å². The summed E-state index contributed by atoms with van der Waals surface area (Å²) in [4.78, 5) is 10.8. The first kappa shape index (κ1) is 10.9. The first-order chi connectivity index (χ1) is 7.61. The van der Waals surface area contributed by atoms with Gasteiger partial charge in [-0.15, -0.1) is 0 Å². The Morgan fingerprint density at radius 3 is 2.81 bits per heavy atom. The number of carboxylic acids is 1. The van der Waals surface area contributed by atoms with Gasteiger partial charge in [0.1, 0.15) is 17.1 Å². The van der Waals surface area contributed by atoms with Crippen LogP contribution in [-0.2, 0) is 0 Å². The molecule has 0 bridgehead atoms. The predicted octanol–water partition coefficient (Wildman–Crippen LogP) is 1.65. The molecule has 1 aromatic rings. The Bertz CT molecular complexity index is 427. The van der Waals surface area contributed by atoms with Crippen LogP contribution in [0.2, 0.25) is 0 Å². The molecule has 0 spiro atoms. The zero-order valence-electron chi connectivity index (χ0n) is 8.53. The second kappa shape index (κ2) is 4.09. The van der Waals surface area contributed by atoms with E-state index in [4.69, 9.17) is 5.11 Å². The largest absolute Gasteiger partial charge is 0.507 e. The molecular formula is C11H12FNO3. The Morgan fingerprint density at radius 1 is 1.50 bits per heavy atom. The number of benzene rings is 1. The average Bonchev–Trinajstić information content (AvgIpc) is 2.70. The molecule has 1 aliphatic heterocycles. The van der Waals surface area contributed by atoms with Gasteiger partial charge in [-0.05, 0) is 31.5 Å². The molecular weight excluding hydrogens is 213 g/mol. The molecule has 3 N–H and O–H groups in total. The summed E-state index contributed by atoms with van der Waals surface area (Å²) in [5.41, 5.74) is -0.192. The van der Waals surface area contributed by atoms with E-state index in [1.54, 1.807) is 0 Å². The number of carboxylic acid groups (broad SMARTS) is 1. The van der Waals surface area contributed by atoms with Gasteiger partial charge in [0.2, 0.25) is 0 Å². The highest BCUT2D eigenvalue weighted by molar-refractivity contribution is 5.91. The van der Waals surface area contributed by atoms with Crippen LogP contribution in [0.4, 0.5) is 4.39 Å². The zero-order chi connectivity index (χ0) is 11.7. The number of halogens is 1. The first-order valence-electron chi connectivity index (χ1n) is 5.09. The number of aromatic carboxylic acids is 1. The van der Waals surface area contributed by atoms with Crippen LogP contribution in [0.25, 0.3) is 0 Å². The molecule has 1 saturated heterocycles. The molecule has 1 atom stereocenters. The van der Waals surface area contributed by atoms with E-state index < -0.39 is 17.5 Å². The third-order valence-electron chi connectivity index (χ3n) is 2.80. The van der Waals surface area contributed by atoms with Crippen LogP contribution in [0, 0.1) is 5.82 Å². The van der Waals surface area contributed by atoms with Crippen molar-refractivity contribution in [3.63, 3.8) is 0 Å². The van der Waals surface area contributed by atoms with Crippen molar-refractivity contribution in [1.29, 1.82) is 0 Å². The Hall–Kier alpha value is -1.62. The Kier molecular flexibility index (Phi) is 2.78. The van der Waals surface area contributed by atoms with Gasteiger partial charge in [0.15, 0.2) is 0 Å². The Morgan fingerprint density at radius 2 is 2.25 bits per heavy atom. The minimum Gasteiger partial charge on any atom is -0.507 e. The van der Waals surface area contributed by atoms with Crippen molar-refractivity contribution < 1.29 is 19.4 Å². The van der Waals surface area contributed by atoms with Crippen LogP contribution in [0.3, 0.4) is 0 Å². The lowest BCUT2D eigenvalue weighted by Gasteiger charge is -2.14. The summed E-state index contributed by atoms with van der Waals surface area (Å²) < 4.78 is 13.6. The fourth-order valence-electron chi connectivity index (χ4n) is 2.02. The van der Waals surface area contributed by atoms with Gasteiger partial charge in [-0.2, -0.15) is 0 Å². The third kappa shape index (κ3) is 1.74. The summed E-state index contributed by atoms with van der Waals surface area (Å²) in [5, 5.41) is 21.6. The number of aromatic hydroxyl groups is 1. The number of carbonyl (C=O) groups is 1. The molecule has 1 aliphatic rings. The van der Waals surface area contributed by atoms with E-state index in [9.17, 15) is 14.3 Å². The van der Waals surface area contributed by atoms with Gasteiger partial charge < -0.3 is 15.5 Å². The van der Waals surface area contributed by atoms with Crippen molar-refractivity contribution in [2.24, 2.45) is 0 Å². The molecule has 1 aromatic carbocycles. The molecule has 0 aromatic heterocycles. The van der Waals surface area contributed by atoms with Crippen LogP contribution in [0.15, 0.2) is 12.1 Å². The molecule has 16 heavy (non-hydrogen) atoms. The van der Waals surface area contributed by atoms with Crippen LogP contribution in [0.1, 0.15) is 34.8 Å². The van der Waals surface area contributed by atoms with E-state index in [1.165, 1.54) is 0 Å². The number of rotatable bonds is 2. The Labute approximate surface area is 91.7 Å². The third-order valence-corrected chi connectivity index (χ3v) is 2.80. The number of hydrogen-bond acceptors (Lipinski definition) is 3. The highest BCUT2D eigenvalue weighted by Crippen LogP contribution is 2.34. The topological polar surface area (TPSA) is 69.6 Å². The SMILES string of the molecule is O=C(O)c1ccc(F)c([C@@H]2CCCN2)c1O. The van der Waals surface area contributed by atoms with Gasteiger partial charge in [0.25, 0.3) is 0 Å². The highest BCUT2D eigenvalue weighted by Gasteiger charge is 2.26. The van der Waals surface area contributed by atoms with Crippen LogP contribution < -0.4 is 5.32 Å². The normalized spacial score (nSPS) is 19.9. The molecule has 86 valence electrons. The van der Waals surface area contributed by atoms with Crippen molar-refractivity contribution >= 4 is 5.97 Å². The number of nitrogens with one attached hydrogen (secondary N) is 1. The van der Waals surface area contributed by atoms with Crippen LogP contribution in [0.5, 0.6) is 5.75 Å². The molecule has 0 saturated carbocycles. The van der Waals surface area contributed by atoms with E-state index in [-0.39, 0.29) is 17.2 Å². The maximum Gasteiger partial charge on any atom is 0.339 e. The van der Waals surface area contributed by atoms with Crippen molar-refractivity contribution in [1.82, 2.24) is 5.32 Å². The smallest absolute Gasteiger partial charge is 0.339 e. The maximum atomic E-state index is 13.6. The molecule has 2 rings (SSSR count). The zero-order valence-corrected chi connectivity index (χ0v) is 8.53. The minimum atomic E-state index is -1.25. The summed E-state index contributed by atoms with van der Waals surface area (Å²) in [7, 11) is 0. The fraction of sp³-hybridized carbons (Fsp3) is 0.364. The Balaban J connectivity index is 2.49. The molecule has 1 fully saturated rings. The lowest BCUT2D eigenvalue weighted by Crippen LogP contribution is -2.15. The quantitative estimate of drug-likeness (QED) is 0.715. The van der Waals surface area contributed by atoms with Crippen molar-refractivity contribution in [3.8, 4) is 5.75 Å². The van der Waals surface area contributed by atoms with E-state index in [2.05, 4.69) is 5.32 Å². The molecule has 0 aliphatic carbocycles. The van der Waals surface area contributed by atoms with Crippen LogP contribution >= 0.6 is 0 Å². The van der Waals surface area contributed by atoms with Gasteiger partial charge in [-0.1, -0.05) is 0 Å². The molecule has 1 heterocycles. The lowest BCUT2D eigenvalue weighted by molar-refractivity contribution is 0.0693. The predicted molar refractivity (Wildman–Crippen MR) is 55.0 cm³/mol. The van der Waals surface area contributed by atoms with E-state index in [0.717, 1.165) is 25.1 Å². The summed E-state index contributed by atoms with van der Waals surface area (Å²) in [6.07, 6.45) is 1.59. The lowest BCUT2D eigenvalue weighted by atomic mass is 10.00. The number of hydrogen-bond donors (Lipinski definition) is 3. The molecule has 5 heteroatoms. The van der Waals surface area contributed by atoms with Gasteiger partial charge in [0.05, 0.1) is 0 Å². The molecule has 0 amide bonds. The van der Waals surface area contributed by atoms with Crippen molar-refractivity contribution in [2.45, 2.75) is 18.9 Å². The average molecular weight is 225 g/mol. The summed E-state index contributed by atoms with van der Waals surface area (Å²) in [5.74, 6) is -2.29. The van der Waals surface area contributed by atoms with E-state index >= 15 is 0 Å². The van der Waals surface area contributed by atoms with Gasteiger partial charge >= 0.3 is 5.97 Å².